The number of carboxylic acid groups (broad SMARTS) is 1. The number of benzene rings is 1. The summed E-state index contributed by atoms with van der Waals surface area (Å²) in [7, 11) is 0. The lowest BCUT2D eigenvalue weighted by Gasteiger charge is -2.37. The van der Waals surface area contributed by atoms with Crippen LogP contribution in [-0.2, 0) is 0 Å². The summed E-state index contributed by atoms with van der Waals surface area (Å²) in [6.07, 6.45) is -0.477. The maximum atomic E-state index is 14.1. The van der Waals surface area contributed by atoms with Crippen molar-refractivity contribution in [1.82, 2.24) is 10.1 Å². The summed E-state index contributed by atoms with van der Waals surface area (Å²) < 4.78 is 32.2. The molecule has 1 aromatic heterocycles. The average Bonchev–Trinajstić information content (AvgIpc) is 2.93. The van der Waals surface area contributed by atoms with E-state index >= 15 is 0 Å². The van der Waals surface area contributed by atoms with Gasteiger partial charge < -0.3 is 14.5 Å². The van der Waals surface area contributed by atoms with E-state index in [9.17, 15) is 23.5 Å². The van der Waals surface area contributed by atoms with Gasteiger partial charge in [-0.2, -0.15) is 5.16 Å². The molecule has 8 heteroatoms. The zero-order valence-corrected chi connectivity index (χ0v) is 12.0. The fourth-order valence-electron chi connectivity index (χ4n) is 3.02. The zero-order valence-electron chi connectivity index (χ0n) is 12.0. The van der Waals surface area contributed by atoms with Gasteiger partial charge in [0.15, 0.2) is 0 Å². The molecule has 3 rings (SSSR count). The molecule has 6 nitrogen and oxygen atoms in total. The Bertz CT molecular complexity index is 786. The summed E-state index contributed by atoms with van der Waals surface area (Å²) in [5.74, 6) is -1.33. The SMILES string of the molecule is O=C(O)N1CC[C@H](c2cc(=O)[nH]o2)C[C@@H]1c1ccc(F)cc1F. The monoisotopic (exact) mass is 324 g/mol. The van der Waals surface area contributed by atoms with Gasteiger partial charge in [-0.1, -0.05) is 6.07 Å². The van der Waals surface area contributed by atoms with Crippen molar-refractivity contribution in [2.24, 2.45) is 0 Å². The van der Waals surface area contributed by atoms with E-state index in [1.54, 1.807) is 0 Å². The van der Waals surface area contributed by atoms with Crippen LogP contribution in [0.2, 0.25) is 0 Å². The van der Waals surface area contributed by atoms with Crippen LogP contribution in [0.15, 0.2) is 33.6 Å². The van der Waals surface area contributed by atoms with Crippen LogP contribution in [-0.4, -0.2) is 27.8 Å². The summed E-state index contributed by atoms with van der Waals surface area (Å²) in [5, 5.41) is 11.5. The highest BCUT2D eigenvalue weighted by molar-refractivity contribution is 5.66. The number of carbonyl (C=O) groups is 1. The summed E-state index contributed by atoms with van der Waals surface area (Å²) in [6.45, 7) is 0.163. The highest BCUT2D eigenvalue weighted by Crippen LogP contribution is 2.39. The largest absolute Gasteiger partial charge is 0.465 e. The van der Waals surface area contributed by atoms with Crippen molar-refractivity contribution in [2.45, 2.75) is 24.8 Å². The van der Waals surface area contributed by atoms with Gasteiger partial charge in [-0.3, -0.25) is 4.79 Å². The maximum Gasteiger partial charge on any atom is 0.407 e. The molecule has 0 aliphatic carbocycles. The molecule has 0 unspecified atom stereocenters. The standard InChI is InChI=1S/C15H14F2N2O4/c16-9-1-2-10(11(17)6-9)12-5-8(3-4-19(12)15(21)22)13-7-14(20)18-23-13/h1-2,6-8,12H,3-5H2,(H,18,20)(H,21,22)/t8-,12+/m0/s1. The van der Waals surface area contributed by atoms with Gasteiger partial charge in [0.2, 0.25) is 0 Å². The first-order chi connectivity index (χ1) is 11.0. The smallest absolute Gasteiger partial charge is 0.407 e. The number of nitrogens with zero attached hydrogens (tertiary/aromatic N) is 1. The minimum absolute atomic E-state index is 0.108. The predicted octanol–water partition coefficient (Wildman–Crippen LogP) is 2.84. The van der Waals surface area contributed by atoms with Gasteiger partial charge >= 0.3 is 6.09 Å². The van der Waals surface area contributed by atoms with Crippen LogP contribution in [0.1, 0.15) is 36.1 Å². The van der Waals surface area contributed by atoms with E-state index in [1.165, 1.54) is 12.1 Å². The molecular formula is C15H14F2N2O4. The van der Waals surface area contributed by atoms with Gasteiger partial charge in [-0.15, -0.1) is 0 Å². The van der Waals surface area contributed by atoms with Crippen LogP contribution in [0, 0.1) is 11.6 Å². The van der Waals surface area contributed by atoms with E-state index < -0.39 is 23.8 Å². The molecule has 0 radical (unpaired) electrons. The lowest BCUT2D eigenvalue weighted by atomic mass is 9.85. The van der Waals surface area contributed by atoms with E-state index in [0.29, 0.717) is 12.2 Å². The summed E-state index contributed by atoms with van der Waals surface area (Å²) in [4.78, 5) is 23.7. The van der Waals surface area contributed by atoms with E-state index in [1.807, 2.05) is 0 Å². The number of amides is 1. The molecule has 1 fully saturated rings. The van der Waals surface area contributed by atoms with Gasteiger partial charge in [0, 0.05) is 30.2 Å². The number of piperidine rings is 1. The molecule has 2 atom stereocenters. The Hall–Kier alpha value is -2.64. The van der Waals surface area contributed by atoms with E-state index in [2.05, 4.69) is 5.16 Å². The fraction of sp³-hybridized carbons (Fsp3) is 0.333. The Morgan fingerprint density at radius 3 is 2.74 bits per heavy atom. The van der Waals surface area contributed by atoms with Gasteiger partial charge in [0.1, 0.15) is 17.4 Å². The number of halogens is 2. The second kappa shape index (κ2) is 5.86. The van der Waals surface area contributed by atoms with Crippen molar-refractivity contribution in [1.29, 1.82) is 0 Å². The topological polar surface area (TPSA) is 86.5 Å². The van der Waals surface area contributed by atoms with Crippen molar-refractivity contribution < 1.29 is 23.2 Å². The highest BCUT2D eigenvalue weighted by Gasteiger charge is 2.36. The number of hydrogen-bond donors (Lipinski definition) is 2. The lowest BCUT2D eigenvalue weighted by molar-refractivity contribution is 0.0955. The molecule has 2 N–H and O–H groups in total. The molecule has 0 bridgehead atoms. The van der Waals surface area contributed by atoms with Crippen LogP contribution in [0.5, 0.6) is 0 Å². The lowest BCUT2D eigenvalue weighted by Crippen LogP contribution is -2.40. The second-order valence-electron chi connectivity index (χ2n) is 5.49. The van der Waals surface area contributed by atoms with Crippen LogP contribution >= 0.6 is 0 Å². The molecular weight excluding hydrogens is 310 g/mol. The molecule has 122 valence electrons. The first-order valence-electron chi connectivity index (χ1n) is 7.08. The van der Waals surface area contributed by atoms with Crippen molar-refractivity contribution in [2.75, 3.05) is 6.54 Å². The number of H-pyrrole nitrogens is 1. The third-order valence-corrected chi connectivity index (χ3v) is 4.11. The average molecular weight is 324 g/mol. The van der Waals surface area contributed by atoms with Crippen LogP contribution in [0.25, 0.3) is 0 Å². The Labute approximate surface area is 129 Å². The van der Waals surface area contributed by atoms with Gasteiger partial charge in [-0.05, 0) is 18.9 Å². The second-order valence-corrected chi connectivity index (χ2v) is 5.49. The Balaban J connectivity index is 1.94. The van der Waals surface area contributed by atoms with Gasteiger partial charge in [-0.25, -0.2) is 13.6 Å². The Morgan fingerprint density at radius 2 is 2.13 bits per heavy atom. The number of aromatic nitrogens is 1. The van der Waals surface area contributed by atoms with Gasteiger partial charge in [0.25, 0.3) is 5.56 Å². The summed E-state index contributed by atoms with van der Waals surface area (Å²) >= 11 is 0. The van der Waals surface area contributed by atoms with Gasteiger partial charge in [0.05, 0.1) is 6.04 Å². The zero-order chi connectivity index (χ0) is 16.6. The highest BCUT2D eigenvalue weighted by atomic mass is 19.1. The fourth-order valence-corrected chi connectivity index (χ4v) is 3.02. The summed E-state index contributed by atoms with van der Waals surface area (Å²) in [6, 6.07) is 3.61. The van der Waals surface area contributed by atoms with Crippen molar-refractivity contribution in [3.8, 4) is 0 Å². The van der Waals surface area contributed by atoms with Crippen LogP contribution in [0.3, 0.4) is 0 Å². The predicted molar refractivity (Wildman–Crippen MR) is 75.1 cm³/mol. The molecule has 2 aromatic rings. The first kappa shape index (κ1) is 15.3. The molecule has 23 heavy (non-hydrogen) atoms. The molecule has 2 heterocycles. The maximum absolute atomic E-state index is 14.1. The molecule has 1 aliphatic heterocycles. The number of likely N-dealkylation sites (tertiary alicyclic amines) is 1. The molecule has 1 amide bonds. The number of aromatic amines is 1. The third kappa shape index (κ3) is 2.96. The Morgan fingerprint density at radius 1 is 1.35 bits per heavy atom. The molecule has 1 aliphatic rings. The normalized spacial score (nSPS) is 21.4. The minimum atomic E-state index is -1.17. The summed E-state index contributed by atoms with van der Waals surface area (Å²) in [5.41, 5.74) is -0.276. The van der Waals surface area contributed by atoms with Crippen molar-refractivity contribution in [3.05, 3.63) is 57.6 Å². The van der Waals surface area contributed by atoms with E-state index in [0.717, 1.165) is 17.0 Å². The van der Waals surface area contributed by atoms with Crippen molar-refractivity contribution in [3.63, 3.8) is 0 Å². The van der Waals surface area contributed by atoms with E-state index in [-0.39, 0.29) is 30.0 Å². The molecule has 0 saturated carbocycles. The van der Waals surface area contributed by atoms with E-state index in [4.69, 9.17) is 4.52 Å². The van der Waals surface area contributed by atoms with Crippen LogP contribution < -0.4 is 5.56 Å². The van der Waals surface area contributed by atoms with Crippen molar-refractivity contribution >= 4 is 6.09 Å². The first-order valence-corrected chi connectivity index (χ1v) is 7.08. The quantitative estimate of drug-likeness (QED) is 0.889. The number of hydrogen-bond acceptors (Lipinski definition) is 3. The van der Waals surface area contributed by atoms with Crippen LogP contribution in [0.4, 0.5) is 13.6 Å². The third-order valence-electron chi connectivity index (χ3n) is 4.11. The molecule has 0 spiro atoms. The minimum Gasteiger partial charge on any atom is -0.465 e. The number of rotatable bonds is 2. The Kier molecular flexibility index (Phi) is 3.89. The molecule has 1 saturated heterocycles. The molecule has 1 aromatic carbocycles. The number of nitrogens with one attached hydrogen (secondary N) is 1.